The first-order valence-electron chi connectivity index (χ1n) is 16.5. The average Bonchev–Trinajstić information content (AvgIpc) is 3.22. The zero-order valence-corrected chi connectivity index (χ0v) is 28.5. The van der Waals surface area contributed by atoms with Gasteiger partial charge in [0.15, 0.2) is 0 Å². The molecule has 0 aliphatic heterocycles. The van der Waals surface area contributed by atoms with E-state index in [1.807, 2.05) is 0 Å². The minimum absolute atomic E-state index is 0. The van der Waals surface area contributed by atoms with Gasteiger partial charge in [0.25, 0.3) is 0 Å². The van der Waals surface area contributed by atoms with Crippen LogP contribution in [-0.2, 0) is 4.79 Å². The highest BCUT2D eigenvalue weighted by Crippen LogP contribution is 2.68. The summed E-state index contributed by atoms with van der Waals surface area (Å²) < 4.78 is 0.949. The van der Waals surface area contributed by atoms with Crippen molar-refractivity contribution < 1.29 is 48.6 Å². The van der Waals surface area contributed by atoms with Crippen LogP contribution in [-0.4, -0.2) is 77.8 Å². The summed E-state index contributed by atoms with van der Waals surface area (Å²) in [5.74, 6) is 2.16. The maximum atomic E-state index is 12.7. The van der Waals surface area contributed by atoms with Crippen LogP contribution in [0, 0.1) is 46.3 Å². The van der Waals surface area contributed by atoms with Crippen molar-refractivity contribution in [2.45, 2.75) is 123 Å². The van der Waals surface area contributed by atoms with E-state index in [1.165, 1.54) is 19.3 Å². The van der Waals surface area contributed by atoms with E-state index in [2.05, 4.69) is 47.1 Å². The van der Waals surface area contributed by atoms with Crippen LogP contribution in [0.1, 0.15) is 105 Å². The molecule has 0 spiro atoms. The fourth-order valence-corrected chi connectivity index (χ4v) is 10.2. The van der Waals surface area contributed by atoms with E-state index in [0.717, 1.165) is 75.5 Å². The number of aliphatic hydroxyl groups excluding tert-OH is 3. The molecule has 4 unspecified atom stereocenters. The molecule has 234 valence electrons. The Morgan fingerprint density at radius 3 is 2.42 bits per heavy atom. The van der Waals surface area contributed by atoms with Crippen LogP contribution in [0.15, 0.2) is 0 Å². The highest BCUT2D eigenvalue weighted by Gasteiger charge is 2.65. The number of likely N-dealkylation sites (N-methyl/N-ethyl adjacent to an activating group) is 1. The van der Waals surface area contributed by atoms with Crippen LogP contribution in [0.3, 0.4) is 0 Å². The fraction of sp³-hybridized carbons (Fsp3) is 0.970. The Bertz CT molecular complexity index is 841. The molecule has 6 nitrogen and oxygen atoms in total. The maximum Gasteiger partial charge on any atom is 0.220 e. The summed E-state index contributed by atoms with van der Waals surface area (Å²) in [5, 5.41) is 36.8. The molecule has 0 heterocycles. The highest BCUT2D eigenvalue weighted by atomic mass is 127. The molecule has 0 saturated heterocycles. The zero-order valence-electron chi connectivity index (χ0n) is 26.4. The van der Waals surface area contributed by atoms with Crippen LogP contribution in [0.25, 0.3) is 0 Å². The van der Waals surface area contributed by atoms with Gasteiger partial charge < -0.3 is 49.1 Å². The normalized spacial score (nSPS) is 41.7. The lowest BCUT2D eigenvalue weighted by Gasteiger charge is -2.63. The Morgan fingerprint density at radius 1 is 1.00 bits per heavy atom. The second kappa shape index (κ2) is 13.8. The van der Waals surface area contributed by atoms with Crippen molar-refractivity contribution in [1.82, 2.24) is 5.32 Å². The number of carbonyl (C=O) groups excluding carboxylic acids is 1. The number of hydrogen-bond acceptors (Lipinski definition) is 4. The summed E-state index contributed by atoms with van der Waals surface area (Å²) in [6.45, 7) is 12.1. The molecule has 0 radical (unpaired) electrons. The molecule has 4 rings (SSSR count). The van der Waals surface area contributed by atoms with Gasteiger partial charge in [-0.15, -0.1) is 0 Å². The molecular weight excluding hydrogens is 615 g/mol. The molecular formula is C33H61IN2O4. The third-order valence-corrected chi connectivity index (χ3v) is 12.8. The number of amides is 1. The second-order valence-electron chi connectivity index (χ2n) is 15.5. The van der Waals surface area contributed by atoms with Crippen LogP contribution in [0.4, 0.5) is 0 Å². The maximum absolute atomic E-state index is 12.7. The number of halogens is 1. The van der Waals surface area contributed by atoms with Crippen molar-refractivity contribution in [3.8, 4) is 0 Å². The van der Waals surface area contributed by atoms with Gasteiger partial charge in [-0.2, -0.15) is 0 Å². The number of hydrogen-bond donors (Lipinski definition) is 4. The minimum Gasteiger partial charge on any atom is -1.00 e. The number of unbranched alkanes of at least 4 members (excludes halogenated alkanes) is 2. The number of nitrogens with one attached hydrogen (secondary N) is 1. The molecule has 0 aromatic rings. The predicted molar refractivity (Wildman–Crippen MR) is 157 cm³/mol. The quantitative estimate of drug-likeness (QED) is 0.153. The smallest absolute Gasteiger partial charge is 0.220 e. The van der Waals surface area contributed by atoms with Crippen molar-refractivity contribution in [3.63, 3.8) is 0 Å². The van der Waals surface area contributed by atoms with E-state index >= 15 is 0 Å². The van der Waals surface area contributed by atoms with Gasteiger partial charge in [0.2, 0.25) is 5.91 Å². The Hall–Kier alpha value is 0.0400. The Morgan fingerprint density at radius 2 is 1.73 bits per heavy atom. The van der Waals surface area contributed by atoms with Gasteiger partial charge in [0, 0.05) is 6.42 Å². The van der Waals surface area contributed by atoms with Crippen LogP contribution in [0.5, 0.6) is 0 Å². The molecule has 1 amide bonds. The molecule has 40 heavy (non-hydrogen) atoms. The molecule has 0 bridgehead atoms. The molecule has 0 aromatic carbocycles. The Labute approximate surface area is 262 Å². The van der Waals surface area contributed by atoms with Crippen molar-refractivity contribution in [2.75, 3.05) is 33.7 Å². The van der Waals surface area contributed by atoms with Crippen LogP contribution >= 0.6 is 0 Å². The fourth-order valence-electron chi connectivity index (χ4n) is 10.2. The molecule has 4 saturated carbocycles. The molecule has 4 fully saturated rings. The summed E-state index contributed by atoms with van der Waals surface area (Å²) in [4.78, 5) is 12.7. The van der Waals surface area contributed by atoms with Crippen LogP contribution < -0.4 is 29.3 Å². The monoisotopic (exact) mass is 676 g/mol. The molecule has 7 heteroatoms. The lowest BCUT2D eigenvalue weighted by Crippen LogP contribution is -3.00. The van der Waals surface area contributed by atoms with Crippen LogP contribution in [0.2, 0.25) is 0 Å². The van der Waals surface area contributed by atoms with Gasteiger partial charge in [0.05, 0.1) is 52.0 Å². The minimum atomic E-state index is -0.366. The topological polar surface area (TPSA) is 89.8 Å². The highest BCUT2D eigenvalue weighted by molar-refractivity contribution is 5.75. The van der Waals surface area contributed by atoms with Crippen molar-refractivity contribution in [2.24, 2.45) is 46.3 Å². The van der Waals surface area contributed by atoms with Crippen molar-refractivity contribution >= 4 is 5.91 Å². The SMILES string of the molecule is CCCCC[N+](C)(C)CCNC(=O)CC[C@@H](C)[C@H]1CCC2C3C(C[C@H](O)[C@@]21C)[C@@]1(C)CC[C@@H](O)CC1C[C@H]3O.[I-]. The molecule has 4 aliphatic carbocycles. The number of carbonyl (C=O) groups is 1. The third-order valence-electron chi connectivity index (χ3n) is 12.8. The largest absolute Gasteiger partial charge is 1.00 e. The second-order valence-corrected chi connectivity index (χ2v) is 15.5. The van der Waals surface area contributed by atoms with E-state index in [4.69, 9.17) is 0 Å². The summed E-state index contributed by atoms with van der Waals surface area (Å²) >= 11 is 0. The first-order chi connectivity index (χ1) is 18.3. The lowest BCUT2D eigenvalue weighted by atomic mass is 9.43. The van der Waals surface area contributed by atoms with E-state index in [0.29, 0.717) is 36.0 Å². The van der Waals surface area contributed by atoms with Gasteiger partial charge in [-0.1, -0.05) is 34.1 Å². The number of nitrogens with zero attached hydrogens (tertiary/aromatic N) is 1. The average molecular weight is 677 g/mol. The molecule has 4 N–H and O–H groups in total. The first-order valence-corrected chi connectivity index (χ1v) is 16.5. The van der Waals surface area contributed by atoms with Gasteiger partial charge in [-0.25, -0.2) is 0 Å². The van der Waals surface area contributed by atoms with Crippen molar-refractivity contribution in [1.29, 1.82) is 0 Å². The standard InChI is InChI=1S/C33H60N2O4.HI/c1-7-8-9-17-35(5,6)18-16-34-30(39)13-10-22(2)25-11-12-26-31-27(21-29(38)33(25,26)4)32(3)15-14-24(36)19-23(32)20-28(31)37;/h22-29,31,36-38H,7-21H2,1-6H3;1H/t22-,23?,24-,25-,26?,27?,28-,29+,31?,32+,33-;/m1./s1. The summed E-state index contributed by atoms with van der Waals surface area (Å²) in [6.07, 6.45) is 10.6. The van der Waals surface area contributed by atoms with Gasteiger partial charge in [-0.3, -0.25) is 4.79 Å². The number of quaternary nitrogens is 1. The van der Waals surface area contributed by atoms with Gasteiger partial charge in [0.1, 0.15) is 0 Å². The van der Waals surface area contributed by atoms with E-state index in [9.17, 15) is 20.1 Å². The molecule has 0 aromatic heterocycles. The number of aliphatic hydroxyl groups is 3. The number of rotatable bonds is 11. The number of fused-ring (bicyclic) bond motifs is 5. The van der Waals surface area contributed by atoms with Gasteiger partial charge in [-0.05, 0) is 111 Å². The Kier molecular flexibility index (Phi) is 11.9. The van der Waals surface area contributed by atoms with E-state index < -0.39 is 0 Å². The molecule has 4 aliphatic rings. The zero-order chi connectivity index (χ0) is 28.6. The van der Waals surface area contributed by atoms with Gasteiger partial charge >= 0.3 is 0 Å². The third kappa shape index (κ3) is 6.89. The summed E-state index contributed by atoms with van der Waals surface area (Å²) in [6, 6.07) is 0. The van der Waals surface area contributed by atoms with E-state index in [1.54, 1.807) is 0 Å². The van der Waals surface area contributed by atoms with Crippen molar-refractivity contribution in [3.05, 3.63) is 0 Å². The predicted octanol–water partition coefficient (Wildman–Crippen LogP) is 1.75. The molecule has 11 atom stereocenters. The Balaban J connectivity index is 0.00000441. The van der Waals surface area contributed by atoms with E-state index in [-0.39, 0.29) is 64.9 Å². The lowest BCUT2D eigenvalue weighted by molar-refractivity contribution is -0.889. The first kappa shape index (κ1) is 34.5. The summed E-state index contributed by atoms with van der Waals surface area (Å²) in [5.41, 5.74) is -0.0914. The summed E-state index contributed by atoms with van der Waals surface area (Å²) in [7, 11) is 4.51.